The van der Waals surface area contributed by atoms with Crippen LogP contribution in [0.5, 0.6) is 0 Å². The summed E-state index contributed by atoms with van der Waals surface area (Å²) in [5, 5.41) is 9.87. The van der Waals surface area contributed by atoms with Gasteiger partial charge in [-0.15, -0.1) is 6.58 Å². The quantitative estimate of drug-likeness (QED) is 0.642. The first-order valence-corrected chi connectivity index (χ1v) is 9.34. The van der Waals surface area contributed by atoms with Crippen molar-refractivity contribution < 1.29 is 8.42 Å². The molecule has 25 heavy (non-hydrogen) atoms. The molecule has 1 heterocycles. The van der Waals surface area contributed by atoms with E-state index in [1.165, 1.54) is 3.97 Å². The first kappa shape index (κ1) is 17.0. The van der Waals surface area contributed by atoms with Gasteiger partial charge in [-0.1, -0.05) is 42.0 Å². The average Bonchev–Trinajstić information content (AvgIpc) is 3.00. The Kier molecular flexibility index (Phi) is 4.47. The Hall–Kier alpha value is -2.84. The minimum Gasteiger partial charge on any atom is -0.241 e. The number of nitrogens with zero attached hydrogens (tertiary/aromatic N) is 2. The van der Waals surface area contributed by atoms with Crippen molar-refractivity contribution in [2.24, 2.45) is 0 Å². The number of rotatable bonds is 5. The summed E-state index contributed by atoms with van der Waals surface area (Å²) >= 11 is 0. The van der Waals surface area contributed by atoms with E-state index in [1.54, 1.807) is 48.7 Å². The second-order valence-electron chi connectivity index (χ2n) is 5.92. The lowest BCUT2D eigenvalue weighted by molar-refractivity contribution is 0.589. The molecule has 1 atom stereocenters. The van der Waals surface area contributed by atoms with Crippen molar-refractivity contribution in [3.05, 3.63) is 78.5 Å². The second-order valence-corrected chi connectivity index (χ2v) is 7.73. The highest BCUT2D eigenvalue weighted by Crippen LogP contribution is 2.32. The van der Waals surface area contributed by atoms with Crippen LogP contribution in [0.15, 0.2) is 72.3 Å². The van der Waals surface area contributed by atoms with E-state index < -0.39 is 10.0 Å². The van der Waals surface area contributed by atoms with Crippen LogP contribution in [0.3, 0.4) is 0 Å². The number of aromatic nitrogens is 1. The molecule has 0 spiro atoms. The normalized spacial score (nSPS) is 12.6. The maximum atomic E-state index is 13.1. The molecule has 0 aliphatic heterocycles. The van der Waals surface area contributed by atoms with Crippen LogP contribution in [-0.4, -0.2) is 12.4 Å². The van der Waals surface area contributed by atoms with Gasteiger partial charge in [0.1, 0.15) is 0 Å². The fourth-order valence-corrected chi connectivity index (χ4v) is 4.29. The van der Waals surface area contributed by atoms with Crippen LogP contribution < -0.4 is 0 Å². The Morgan fingerprint density at radius 3 is 2.52 bits per heavy atom. The van der Waals surface area contributed by atoms with Crippen LogP contribution in [0, 0.1) is 18.3 Å². The smallest absolute Gasteiger partial charge is 0.241 e. The number of aryl methyl sites for hydroxylation is 1. The third-order valence-electron chi connectivity index (χ3n) is 4.28. The zero-order chi connectivity index (χ0) is 18.0. The van der Waals surface area contributed by atoms with Gasteiger partial charge in [0.2, 0.25) is 0 Å². The number of allylic oxidation sites excluding steroid dienone is 1. The van der Waals surface area contributed by atoms with Crippen LogP contribution in [0.2, 0.25) is 0 Å². The molecule has 0 fully saturated rings. The average molecular weight is 350 g/mol. The number of hydrogen-bond acceptors (Lipinski definition) is 3. The molecule has 0 aliphatic carbocycles. The van der Waals surface area contributed by atoms with E-state index in [0.717, 1.165) is 16.5 Å². The SMILES string of the molecule is C=C[C@@H](CC#N)c1cn(S(=O)(=O)c2ccc(C)cc2)c2ccccc12. The van der Waals surface area contributed by atoms with Crippen LogP contribution in [0.4, 0.5) is 0 Å². The summed E-state index contributed by atoms with van der Waals surface area (Å²) < 4.78 is 27.5. The summed E-state index contributed by atoms with van der Waals surface area (Å²) in [5.41, 5.74) is 2.39. The molecule has 0 aliphatic rings. The Balaban J connectivity index is 2.25. The van der Waals surface area contributed by atoms with Gasteiger partial charge in [0.15, 0.2) is 0 Å². The van der Waals surface area contributed by atoms with Crippen LogP contribution >= 0.6 is 0 Å². The van der Waals surface area contributed by atoms with Crippen molar-refractivity contribution in [2.45, 2.75) is 24.2 Å². The molecule has 0 saturated heterocycles. The van der Waals surface area contributed by atoms with Gasteiger partial charge in [0, 0.05) is 23.9 Å². The number of nitriles is 1. The van der Waals surface area contributed by atoms with Gasteiger partial charge in [-0.3, -0.25) is 0 Å². The van der Waals surface area contributed by atoms with Crippen molar-refractivity contribution >= 4 is 20.9 Å². The predicted molar refractivity (Wildman–Crippen MR) is 98.9 cm³/mol. The lowest BCUT2D eigenvalue weighted by atomic mass is 9.96. The maximum absolute atomic E-state index is 13.1. The second kappa shape index (κ2) is 6.58. The van der Waals surface area contributed by atoms with E-state index in [0.29, 0.717) is 5.52 Å². The Morgan fingerprint density at radius 1 is 1.20 bits per heavy atom. The topological polar surface area (TPSA) is 62.9 Å². The van der Waals surface area contributed by atoms with Crippen LogP contribution in [-0.2, 0) is 10.0 Å². The Morgan fingerprint density at radius 2 is 1.88 bits per heavy atom. The highest BCUT2D eigenvalue weighted by atomic mass is 32.2. The van der Waals surface area contributed by atoms with E-state index in [9.17, 15) is 8.42 Å². The first-order valence-electron chi connectivity index (χ1n) is 7.90. The van der Waals surface area contributed by atoms with Gasteiger partial charge >= 0.3 is 0 Å². The van der Waals surface area contributed by atoms with Crippen LogP contribution in [0.1, 0.15) is 23.5 Å². The number of benzene rings is 2. The molecule has 0 radical (unpaired) electrons. The third kappa shape index (κ3) is 2.97. The van der Waals surface area contributed by atoms with Crippen molar-refractivity contribution in [1.82, 2.24) is 3.97 Å². The molecule has 4 nitrogen and oxygen atoms in total. The third-order valence-corrected chi connectivity index (χ3v) is 5.97. The monoisotopic (exact) mass is 350 g/mol. The molecule has 3 aromatic rings. The standard InChI is InChI=1S/C20H18N2O2S/c1-3-16(12-13-21)19-14-22(20-7-5-4-6-18(19)20)25(23,24)17-10-8-15(2)9-11-17/h3-11,14,16H,1,12H2,2H3/t16-/m0/s1. The Bertz CT molecular complexity index is 1070. The van der Waals surface area contributed by atoms with Gasteiger partial charge in [-0.2, -0.15) is 5.26 Å². The van der Waals surface area contributed by atoms with Crippen molar-refractivity contribution in [2.75, 3.05) is 0 Å². The summed E-state index contributed by atoms with van der Waals surface area (Å²) in [4.78, 5) is 0.237. The predicted octanol–water partition coefficient (Wildman–Crippen LogP) is 4.37. The zero-order valence-electron chi connectivity index (χ0n) is 13.9. The molecule has 5 heteroatoms. The largest absolute Gasteiger partial charge is 0.268 e. The highest BCUT2D eigenvalue weighted by molar-refractivity contribution is 7.90. The van der Waals surface area contributed by atoms with E-state index in [-0.39, 0.29) is 17.2 Å². The van der Waals surface area contributed by atoms with Gasteiger partial charge in [0.05, 0.1) is 16.5 Å². The molecular weight excluding hydrogens is 332 g/mol. The summed E-state index contributed by atoms with van der Waals surface area (Å²) in [5.74, 6) is -0.218. The van der Waals surface area contributed by atoms with Crippen molar-refractivity contribution in [3.8, 4) is 6.07 Å². The fourth-order valence-electron chi connectivity index (χ4n) is 2.91. The molecule has 0 N–H and O–H groups in total. The van der Waals surface area contributed by atoms with Crippen LogP contribution in [0.25, 0.3) is 10.9 Å². The molecule has 0 saturated carbocycles. The highest BCUT2D eigenvalue weighted by Gasteiger charge is 2.23. The number of fused-ring (bicyclic) bond motifs is 1. The molecule has 0 unspecified atom stereocenters. The van der Waals surface area contributed by atoms with E-state index >= 15 is 0 Å². The van der Waals surface area contributed by atoms with E-state index in [1.807, 2.05) is 19.1 Å². The van der Waals surface area contributed by atoms with E-state index in [4.69, 9.17) is 5.26 Å². The maximum Gasteiger partial charge on any atom is 0.268 e. The summed E-state index contributed by atoms with van der Waals surface area (Å²) in [6, 6.07) is 16.2. The van der Waals surface area contributed by atoms with Gasteiger partial charge in [0.25, 0.3) is 10.0 Å². The molecule has 0 bridgehead atoms. The zero-order valence-corrected chi connectivity index (χ0v) is 14.7. The summed E-state index contributed by atoms with van der Waals surface area (Å²) in [6.45, 7) is 5.71. The Labute approximate surface area is 147 Å². The van der Waals surface area contributed by atoms with Crippen molar-refractivity contribution in [3.63, 3.8) is 0 Å². The van der Waals surface area contributed by atoms with Gasteiger partial charge in [-0.25, -0.2) is 12.4 Å². The molecule has 3 rings (SSSR count). The van der Waals surface area contributed by atoms with E-state index in [2.05, 4.69) is 12.6 Å². The minimum absolute atomic E-state index is 0.218. The lowest BCUT2D eigenvalue weighted by Gasteiger charge is -2.08. The fraction of sp³-hybridized carbons (Fsp3) is 0.150. The molecule has 126 valence electrons. The molecule has 1 aromatic heterocycles. The lowest BCUT2D eigenvalue weighted by Crippen LogP contribution is -2.11. The molecular formula is C20H18N2O2S. The summed E-state index contributed by atoms with van der Waals surface area (Å²) in [7, 11) is -3.72. The number of hydrogen-bond donors (Lipinski definition) is 0. The minimum atomic E-state index is -3.72. The molecule has 2 aromatic carbocycles. The van der Waals surface area contributed by atoms with Gasteiger partial charge in [-0.05, 0) is 30.7 Å². The van der Waals surface area contributed by atoms with Crippen molar-refractivity contribution in [1.29, 1.82) is 5.26 Å². The molecule has 0 amide bonds. The first-order chi connectivity index (χ1) is 12.0. The summed E-state index contributed by atoms with van der Waals surface area (Å²) in [6.07, 6.45) is 3.56. The van der Waals surface area contributed by atoms with Gasteiger partial charge < -0.3 is 0 Å². The number of para-hydroxylation sites is 1.